The Morgan fingerprint density at radius 1 is 1.09 bits per heavy atom. The number of amides is 2. The molecule has 0 radical (unpaired) electrons. The third kappa shape index (κ3) is 7.08. The van der Waals surface area contributed by atoms with E-state index in [0.29, 0.717) is 43.9 Å². The number of fused-ring (bicyclic) bond motifs is 1. The zero-order chi connectivity index (χ0) is 31.2. The average molecular weight is 597 g/mol. The summed E-state index contributed by atoms with van der Waals surface area (Å²) in [5, 5.41) is 15.7. The van der Waals surface area contributed by atoms with Crippen molar-refractivity contribution in [2.24, 2.45) is 0 Å². The number of para-hydroxylation sites is 1. The first-order valence-corrected chi connectivity index (χ1v) is 14.6. The van der Waals surface area contributed by atoms with Gasteiger partial charge in [0.1, 0.15) is 18.4 Å². The first kappa shape index (κ1) is 30.3. The van der Waals surface area contributed by atoms with Gasteiger partial charge in [-0.25, -0.2) is 0 Å². The summed E-state index contributed by atoms with van der Waals surface area (Å²) in [6.45, 7) is 6.91. The van der Waals surface area contributed by atoms with E-state index in [1.807, 2.05) is 56.4 Å². The zero-order valence-electron chi connectivity index (χ0n) is 25.1. The van der Waals surface area contributed by atoms with Gasteiger partial charge in [-0.2, -0.15) is 5.10 Å². The monoisotopic (exact) mass is 596 g/mol. The van der Waals surface area contributed by atoms with Crippen LogP contribution in [0.1, 0.15) is 46.8 Å². The summed E-state index contributed by atoms with van der Waals surface area (Å²) in [6, 6.07) is 18.7. The van der Waals surface area contributed by atoms with Crippen molar-refractivity contribution in [3.8, 4) is 22.6 Å². The van der Waals surface area contributed by atoms with Crippen LogP contribution in [0.2, 0.25) is 0 Å². The van der Waals surface area contributed by atoms with E-state index in [9.17, 15) is 14.4 Å². The predicted octanol–water partition coefficient (Wildman–Crippen LogP) is 5.00. The molecule has 0 bridgehead atoms. The number of hydrogen-bond donors (Lipinski definition) is 2. The molecule has 2 amide bonds. The van der Waals surface area contributed by atoms with Crippen LogP contribution >= 0.6 is 0 Å². The minimum atomic E-state index is -1.11. The highest BCUT2D eigenvalue weighted by atomic mass is 16.5. The van der Waals surface area contributed by atoms with Crippen LogP contribution in [-0.2, 0) is 16.1 Å². The largest absolute Gasteiger partial charge is 0.493 e. The highest BCUT2D eigenvalue weighted by molar-refractivity contribution is 5.97. The number of hydrogen-bond acceptors (Lipinski definition) is 6. The molecule has 1 aliphatic heterocycles. The number of nitrogens with zero attached hydrogens (tertiary/aromatic N) is 3. The van der Waals surface area contributed by atoms with Gasteiger partial charge < -0.3 is 24.8 Å². The SMILES string of the molecule is Cc1cccc(OCCCC(=O)N2CC(C)Oc3c(-c4cnn(Cc5cccc(C(=O)NCC(=O)O)c5)c4)cccc32)c1C. The molecule has 1 aromatic heterocycles. The lowest BCUT2D eigenvalue weighted by Gasteiger charge is -2.34. The van der Waals surface area contributed by atoms with Crippen molar-refractivity contribution in [3.63, 3.8) is 0 Å². The minimum Gasteiger partial charge on any atom is -0.493 e. The Kier molecular flexibility index (Phi) is 9.28. The van der Waals surface area contributed by atoms with Crippen molar-refractivity contribution in [2.45, 2.75) is 46.3 Å². The second-order valence-electron chi connectivity index (χ2n) is 10.9. The molecule has 0 aliphatic carbocycles. The quantitative estimate of drug-likeness (QED) is 0.234. The molecule has 5 rings (SSSR count). The Bertz CT molecular complexity index is 1680. The average Bonchev–Trinajstić information content (AvgIpc) is 3.47. The van der Waals surface area contributed by atoms with Crippen LogP contribution in [0.3, 0.4) is 0 Å². The van der Waals surface area contributed by atoms with Crippen molar-refractivity contribution >= 4 is 23.5 Å². The first-order valence-electron chi connectivity index (χ1n) is 14.6. The summed E-state index contributed by atoms with van der Waals surface area (Å²) in [5.74, 6) is -0.0486. The molecule has 4 aromatic rings. The van der Waals surface area contributed by atoms with Gasteiger partial charge >= 0.3 is 5.97 Å². The Morgan fingerprint density at radius 2 is 1.89 bits per heavy atom. The van der Waals surface area contributed by atoms with Crippen molar-refractivity contribution in [1.29, 1.82) is 0 Å². The van der Waals surface area contributed by atoms with Gasteiger partial charge in [0.2, 0.25) is 5.91 Å². The maximum atomic E-state index is 13.4. The summed E-state index contributed by atoms with van der Waals surface area (Å²) in [7, 11) is 0. The van der Waals surface area contributed by atoms with Crippen LogP contribution in [0.4, 0.5) is 5.69 Å². The van der Waals surface area contributed by atoms with E-state index in [0.717, 1.165) is 33.7 Å². The Morgan fingerprint density at radius 3 is 2.70 bits per heavy atom. The lowest BCUT2D eigenvalue weighted by molar-refractivity contribution is -0.135. The molecule has 1 atom stereocenters. The van der Waals surface area contributed by atoms with E-state index >= 15 is 0 Å². The number of aromatic nitrogens is 2. The highest BCUT2D eigenvalue weighted by Gasteiger charge is 2.29. The van der Waals surface area contributed by atoms with E-state index in [-0.39, 0.29) is 12.0 Å². The third-order valence-electron chi connectivity index (χ3n) is 7.57. The molecule has 0 fully saturated rings. The van der Waals surface area contributed by atoms with Gasteiger partial charge in [-0.1, -0.05) is 36.4 Å². The Balaban J connectivity index is 1.26. The molecule has 1 unspecified atom stereocenters. The van der Waals surface area contributed by atoms with Crippen LogP contribution in [0.5, 0.6) is 11.5 Å². The number of nitrogens with one attached hydrogen (secondary N) is 1. The minimum absolute atomic E-state index is 0.0195. The number of carboxylic acid groups (broad SMARTS) is 1. The topological polar surface area (TPSA) is 123 Å². The molecular formula is C34H36N4O6. The maximum absolute atomic E-state index is 13.4. The van der Waals surface area contributed by atoms with E-state index in [2.05, 4.69) is 23.4 Å². The molecule has 44 heavy (non-hydrogen) atoms. The molecule has 0 saturated carbocycles. The fourth-order valence-corrected chi connectivity index (χ4v) is 5.18. The van der Waals surface area contributed by atoms with Gasteiger partial charge in [0.15, 0.2) is 5.75 Å². The second-order valence-corrected chi connectivity index (χ2v) is 10.9. The fourth-order valence-electron chi connectivity index (χ4n) is 5.18. The van der Waals surface area contributed by atoms with E-state index in [1.165, 1.54) is 5.56 Å². The molecule has 0 spiro atoms. The van der Waals surface area contributed by atoms with Gasteiger partial charge in [0, 0.05) is 29.3 Å². The lowest BCUT2D eigenvalue weighted by atomic mass is 10.0. The predicted molar refractivity (Wildman–Crippen MR) is 166 cm³/mol. The molecule has 3 aromatic carbocycles. The molecule has 228 valence electrons. The maximum Gasteiger partial charge on any atom is 0.322 e. The van der Waals surface area contributed by atoms with Gasteiger partial charge in [0.05, 0.1) is 31.6 Å². The van der Waals surface area contributed by atoms with E-state index in [1.54, 1.807) is 34.0 Å². The van der Waals surface area contributed by atoms with Crippen LogP contribution in [0, 0.1) is 13.8 Å². The molecule has 10 nitrogen and oxygen atoms in total. The van der Waals surface area contributed by atoms with Crippen LogP contribution < -0.4 is 19.7 Å². The van der Waals surface area contributed by atoms with Gasteiger partial charge in [-0.3, -0.25) is 19.1 Å². The van der Waals surface area contributed by atoms with Gasteiger partial charge in [-0.05, 0) is 68.1 Å². The zero-order valence-corrected chi connectivity index (χ0v) is 25.1. The third-order valence-corrected chi connectivity index (χ3v) is 7.57. The summed E-state index contributed by atoms with van der Waals surface area (Å²) < 4.78 is 14.0. The van der Waals surface area contributed by atoms with Crippen LogP contribution in [0.15, 0.2) is 73.1 Å². The number of anilines is 1. The Labute approximate surface area is 256 Å². The molecule has 0 saturated heterocycles. The number of rotatable bonds is 11. The fraction of sp³-hybridized carbons (Fsp3) is 0.294. The summed E-state index contributed by atoms with van der Waals surface area (Å²) in [5.41, 5.74) is 5.89. The van der Waals surface area contributed by atoms with Crippen molar-refractivity contribution in [2.75, 3.05) is 24.6 Å². The number of carboxylic acids is 1. The molecule has 2 N–H and O–H groups in total. The normalized spacial score (nSPS) is 14.0. The summed E-state index contributed by atoms with van der Waals surface area (Å²) >= 11 is 0. The van der Waals surface area contributed by atoms with Crippen LogP contribution in [0.25, 0.3) is 11.1 Å². The van der Waals surface area contributed by atoms with E-state index in [4.69, 9.17) is 14.6 Å². The van der Waals surface area contributed by atoms with Crippen molar-refractivity contribution in [1.82, 2.24) is 15.1 Å². The van der Waals surface area contributed by atoms with Crippen molar-refractivity contribution < 1.29 is 29.0 Å². The summed E-state index contributed by atoms with van der Waals surface area (Å²) in [6.07, 6.45) is 4.41. The highest BCUT2D eigenvalue weighted by Crippen LogP contribution is 2.42. The first-order chi connectivity index (χ1) is 21.2. The summed E-state index contributed by atoms with van der Waals surface area (Å²) in [4.78, 5) is 38.3. The second kappa shape index (κ2) is 13.5. The number of aryl methyl sites for hydroxylation is 1. The standard InChI is InChI=1S/C34H36N4O6/c1-22-8-4-13-30(24(22)3)43-15-7-14-31(39)38-19-23(2)44-33-28(11-6-12-29(33)38)27-17-36-37(21-27)20-25-9-5-10-26(16-25)34(42)35-18-32(40)41/h4-6,8-13,16-17,21,23H,7,14-15,18-20H2,1-3H3,(H,35,42)(H,40,41). The molecular weight excluding hydrogens is 560 g/mol. The molecule has 2 heterocycles. The van der Waals surface area contributed by atoms with E-state index < -0.39 is 18.4 Å². The van der Waals surface area contributed by atoms with Crippen molar-refractivity contribution in [3.05, 3.63) is 95.3 Å². The number of carbonyl (C=O) groups is 3. The Hall–Kier alpha value is -5.12. The number of benzene rings is 3. The lowest BCUT2D eigenvalue weighted by Crippen LogP contribution is -2.42. The number of aliphatic carboxylic acids is 1. The van der Waals surface area contributed by atoms with Crippen LogP contribution in [-0.4, -0.2) is 58.5 Å². The van der Waals surface area contributed by atoms with Gasteiger partial charge in [-0.15, -0.1) is 0 Å². The smallest absolute Gasteiger partial charge is 0.322 e. The molecule has 10 heteroatoms. The number of ether oxygens (including phenoxy) is 2. The van der Waals surface area contributed by atoms with Gasteiger partial charge in [0.25, 0.3) is 5.91 Å². The number of carbonyl (C=O) groups excluding carboxylic acids is 2. The molecule has 1 aliphatic rings.